The van der Waals surface area contributed by atoms with Gasteiger partial charge in [0.2, 0.25) is 0 Å². The zero-order valence-corrected chi connectivity index (χ0v) is 13.6. The Labute approximate surface area is 133 Å². The monoisotopic (exact) mass is 330 g/mol. The maximum atomic E-state index is 12.8. The van der Waals surface area contributed by atoms with Gasteiger partial charge in [-0.2, -0.15) is 13.2 Å². The molecule has 1 atom stereocenters. The van der Waals surface area contributed by atoms with Crippen molar-refractivity contribution >= 4 is 11.8 Å². The predicted molar refractivity (Wildman–Crippen MR) is 81.2 cm³/mol. The molecule has 1 N–H and O–H groups in total. The van der Waals surface area contributed by atoms with Crippen LogP contribution in [0.5, 0.6) is 0 Å². The summed E-state index contributed by atoms with van der Waals surface area (Å²) in [6.45, 7) is 3.76. The number of benzene rings is 1. The number of hydrogen-bond acceptors (Lipinski definition) is 2. The Morgan fingerprint density at radius 1 is 1.17 bits per heavy atom. The molecule has 0 aromatic heterocycles. The minimum Gasteiger partial charge on any atom is -0.355 e. The second-order valence-electron chi connectivity index (χ2n) is 5.69. The maximum absolute atomic E-state index is 12.8. The molecule has 23 heavy (non-hydrogen) atoms. The Balaban J connectivity index is 3.16. The van der Waals surface area contributed by atoms with Crippen LogP contribution in [0.2, 0.25) is 0 Å². The van der Waals surface area contributed by atoms with Crippen molar-refractivity contribution in [1.29, 1.82) is 0 Å². The van der Waals surface area contributed by atoms with Crippen molar-refractivity contribution in [3.05, 3.63) is 35.4 Å². The first-order valence-corrected chi connectivity index (χ1v) is 7.26. The largest absolute Gasteiger partial charge is 0.406 e. The van der Waals surface area contributed by atoms with Crippen molar-refractivity contribution in [2.24, 2.45) is 5.92 Å². The second-order valence-corrected chi connectivity index (χ2v) is 5.69. The molecule has 2 amide bonds. The lowest BCUT2D eigenvalue weighted by Crippen LogP contribution is -2.46. The molecule has 1 aromatic carbocycles. The fourth-order valence-electron chi connectivity index (χ4n) is 2.06. The third kappa shape index (κ3) is 5.26. The summed E-state index contributed by atoms with van der Waals surface area (Å²) in [4.78, 5) is 24.9. The summed E-state index contributed by atoms with van der Waals surface area (Å²) in [7, 11) is 1.44. The quantitative estimate of drug-likeness (QED) is 0.902. The average molecular weight is 330 g/mol. The summed E-state index contributed by atoms with van der Waals surface area (Å²) >= 11 is 0. The summed E-state index contributed by atoms with van der Waals surface area (Å²) in [5, 5.41) is 2.41. The average Bonchev–Trinajstić information content (AvgIpc) is 2.49. The molecule has 0 fully saturated rings. The molecule has 0 saturated carbocycles. The van der Waals surface area contributed by atoms with Gasteiger partial charge in [0.15, 0.2) is 0 Å². The molecule has 1 unspecified atom stereocenters. The van der Waals surface area contributed by atoms with E-state index in [0.717, 1.165) is 4.90 Å². The van der Waals surface area contributed by atoms with E-state index >= 15 is 0 Å². The molecule has 0 aliphatic carbocycles. The molecule has 1 aromatic rings. The number of halogens is 3. The lowest BCUT2D eigenvalue weighted by molar-refractivity contribution is -0.145. The summed E-state index contributed by atoms with van der Waals surface area (Å²) in [5.41, 5.74) is 0.283. The van der Waals surface area contributed by atoms with Gasteiger partial charge in [-0.15, -0.1) is 0 Å². The lowest BCUT2D eigenvalue weighted by Gasteiger charge is -2.32. The van der Waals surface area contributed by atoms with Gasteiger partial charge in [-0.1, -0.05) is 19.9 Å². The first kappa shape index (κ1) is 19.0. The van der Waals surface area contributed by atoms with E-state index in [1.807, 2.05) is 0 Å². The van der Waals surface area contributed by atoms with Crippen molar-refractivity contribution in [1.82, 2.24) is 10.2 Å². The number of nitrogens with one attached hydrogen (secondary N) is 1. The van der Waals surface area contributed by atoms with Crippen molar-refractivity contribution in [3.63, 3.8) is 0 Å². The van der Waals surface area contributed by atoms with Crippen LogP contribution in [0.15, 0.2) is 24.3 Å². The van der Waals surface area contributed by atoms with E-state index in [1.54, 1.807) is 20.8 Å². The third-order valence-electron chi connectivity index (χ3n) is 3.67. The van der Waals surface area contributed by atoms with Crippen molar-refractivity contribution in [2.45, 2.75) is 33.0 Å². The highest BCUT2D eigenvalue weighted by Crippen LogP contribution is 2.23. The SMILES string of the molecule is CNC(=O)c1cccc(C(=O)N(CC(F)(F)F)C(C)C(C)C)c1. The van der Waals surface area contributed by atoms with Gasteiger partial charge < -0.3 is 10.2 Å². The maximum Gasteiger partial charge on any atom is 0.406 e. The smallest absolute Gasteiger partial charge is 0.355 e. The van der Waals surface area contributed by atoms with Crippen molar-refractivity contribution in [3.8, 4) is 0 Å². The number of nitrogens with zero attached hydrogens (tertiary/aromatic N) is 1. The van der Waals surface area contributed by atoms with Crippen LogP contribution >= 0.6 is 0 Å². The highest BCUT2D eigenvalue weighted by atomic mass is 19.4. The Bertz CT molecular complexity index is 571. The first-order valence-electron chi connectivity index (χ1n) is 7.26. The summed E-state index contributed by atoms with van der Waals surface area (Å²) < 4.78 is 38.4. The first-order chi connectivity index (χ1) is 10.6. The molecule has 0 aliphatic heterocycles. The number of rotatable bonds is 5. The van der Waals surface area contributed by atoms with E-state index in [2.05, 4.69) is 5.32 Å². The number of carbonyl (C=O) groups is 2. The molecule has 0 saturated heterocycles. The fourth-order valence-corrected chi connectivity index (χ4v) is 2.06. The van der Waals surface area contributed by atoms with Crippen LogP contribution in [-0.2, 0) is 0 Å². The normalized spacial score (nSPS) is 12.9. The highest BCUT2D eigenvalue weighted by Gasteiger charge is 2.36. The summed E-state index contributed by atoms with van der Waals surface area (Å²) in [6, 6.07) is 5.09. The molecular formula is C16H21F3N2O2. The van der Waals surface area contributed by atoms with Crippen LogP contribution in [0.4, 0.5) is 13.2 Å². The van der Waals surface area contributed by atoms with E-state index in [1.165, 1.54) is 31.3 Å². The van der Waals surface area contributed by atoms with Gasteiger partial charge in [0, 0.05) is 24.2 Å². The second kappa shape index (κ2) is 7.48. The zero-order valence-electron chi connectivity index (χ0n) is 13.6. The topological polar surface area (TPSA) is 49.4 Å². The van der Waals surface area contributed by atoms with Crippen LogP contribution in [0.1, 0.15) is 41.5 Å². The molecule has 0 spiro atoms. The summed E-state index contributed by atoms with van der Waals surface area (Å²) in [6.07, 6.45) is -4.49. The number of hydrogen-bond donors (Lipinski definition) is 1. The predicted octanol–water partition coefficient (Wildman–Crippen LogP) is 3.10. The standard InChI is InChI=1S/C16H21F3N2O2/c1-10(2)11(3)21(9-16(17,18)19)15(23)13-7-5-6-12(8-13)14(22)20-4/h5-8,10-11H,9H2,1-4H3,(H,20,22). The van der Waals surface area contributed by atoms with Crippen LogP contribution in [0.25, 0.3) is 0 Å². The molecule has 0 heterocycles. The van der Waals surface area contributed by atoms with Crippen molar-refractivity contribution in [2.75, 3.05) is 13.6 Å². The minimum absolute atomic E-state index is 0.0582. The molecule has 128 valence electrons. The molecule has 4 nitrogen and oxygen atoms in total. The van der Waals surface area contributed by atoms with Crippen molar-refractivity contribution < 1.29 is 22.8 Å². The number of carbonyl (C=O) groups excluding carboxylic acids is 2. The molecular weight excluding hydrogens is 309 g/mol. The Hall–Kier alpha value is -2.05. The van der Waals surface area contributed by atoms with Crippen LogP contribution in [0, 0.1) is 5.92 Å². The molecule has 7 heteroatoms. The van der Waals surface area contributed by atoms with Gasteiger partial charge in [-0.05, 0) is 31.0 Å². The van der Waals surface area contributed by atoms with Crippen LogP contribution in [0.3, 0.4) is 0 Å². The van der Waals surface area contributed by atoms with Gasteiger partial charge in [0.05, 0.1) is 0 Å². The molecule has 0 aliphatic rings. The Kier molecular flexibility index (Phi) is 6.18. The van der Waals surface area contributed by atoms with Crippen LogP contribution < -0.4 is 5.32 Å². The van der Waals surface area contributed by atoms with Gasteiger partial charge in [-0.3, -0.25) is 9.59 Å². The lowest BCUT2D eigenvalue weighted by atomic mass is 10.0. The Morgan fingerprint density at radius 3 is 2.22 bits per heavy atom. The zero-order chi connectivity index (χ0) is 17.8. The van der Waals surface area contributed by atoms with Gasteiger partial charge in [-0.25, -0.2) is 0 Å². The van der Waals surface area contributed by atoms with E-state index in [9.17, 15) is 22.8 Å². The summed E-state index contributed by atoms with van der Waals surface area (Å²) in [5.74, 6) is -1.28. The highest BCUT2D eigenvalue weighted by molar-refractivity contribution is 5.99. The third-order valence-corrected chi connectivity index (χ3v) is 3.67. The molecule has 1 rings (SSSR count). The van der Waals surface area contributed by atoms with E-state index < -0.39 is 30.6 Å². The molecule has 0 radical (unpaired) electrons. The Morgan fingerprint density at radius 2 is 1.74 bits per heavy atom. The number of alkyl halides is 3. The van der Waals surface area contributed by atoms with Gasteiger partial charge in [0.25, 0.3) is 11.8 Å². The van der Waals surface area contributed by atoms with Gasteiger partial charge in [0.1, 0.15) is 6.54 Å². The molecule has 0 bridgehead atoms. The van der Waals surface area contributed by atoms with E-state index in [-0.39, 0.29) is 17.0 Å². The fraction of sp³-hybridized carbons (Fsp3) is 0.500. The number of amides is 2. The van der Waals surface area contributed by atoms with E-state index in [4.69, 9.17) is 0 Å². The van der Waals surface area contributed by atoms with Gasteiger partial charge >= 0.3 is 6.18 Å². The van der Waals surface area contributed by atoms with Crippen LogP contribution in [-0.4, -0.2) is 42.5 Å². The van der Waals surface area contributed by atoms with E-state index in [0.29, 0.717) is 0 Å². The minimum atomic E-state index is -4.49.